The second-order valence-electron chi connectivity index (χ2n) is 10.3. The summed E-state index contributed by atoms with van der Waals surface area (Å²) in [5.41, 5.74) is 0.737. The van der Waals surface area contributed by atoms with E-state index in [-0.39, 0.29) is 24.6 Å². The van der Waals surface area contributed by atoms with Crippen molar-refractivity contribution in [3.05, 3.63) is 100 Å². The average molecular weight is 619 g/mol. The Balaban J connectivity index is 2.09. The van der Waals surface area contributed by atoms with Gasteiger partial charge in [-0.1, -0.05) is 70.5 Å². The molecule has 0 fully saturated rings. The van der Waals surface area contributed by atoms with E-state index in [1.165, 1.54) is 23.1 Å². The first kappa shape index (κ1) is 30.3. The quantitative estimate of drug-likeness (QED) is 0.350. The highest BCUT2D eigenvalue weighted by Gasteiger charge is 2.34. The second kappa shape index (κ2) is 12.7. The molecule has 1 atom stereocenters. The van der Waals surface area contributed by atoms with Crippen LogP contribution in [0.3, 0.4) is 0 Å². The molecule has 0 aliphatic heterocycles. The fourth-order valence-electron chi connectivity index (χ4n) is 4.09. The summed E-state index contributed by atoms with van der Waals surface area (Å²) >= 11 is 3.44. The number of carbonyl (C=O) groups excluding carboxylic acids is 2. The highest BCUT2D eigenvalue weighted by Crippen LogP contribution is 2.23. The van der Waals surface area contributed by atoms with Gasteiger partial charge in [0.15, 0.2) is 0 Å². The molecule has 3 aromatic rings. The van der Waals surface area contributed by atoms with E-state index in [0.717, 1.165) is 32.2 Å². The lowest BCUT2D eigenvalue weighted by molar-refractivity contribution is -0.140. The van der Waals surface area contributed by atoms with Crippen molar-refractivity contribution < 1.29 is 22.4 Å². The molecule has 7 nitrogen and oxygen atoms in total. The SMILES string of the molecule is CC(C)(C)NC(=O)[C@H](Cc1ccccc1)N(Cc1cccc(Br)c1)C(=O)CN(c1ccccc1F)S(C)(=O)=O. The van der Waals surface area contributed by atoms with E-state index in [4.69, 9.17) is 0 Å². The number of benzene rings is 3. The van der Waals surface area contributed by atoms with Gasteiger partial charge in [0.1, 0.15) is 18.4 Å². The Kier molecular flexibility index (Phi) is 9.90. The number of nitrogens with one attached hydrogen (secondary N) is 1. The van der Waals surface area contributed by atoms with E-state index in [1.54, 1.807) is 0 Å². The van der Waals surface area contributed by atoms with Gasteiger partial charge in [-0.25, -0.2) is 12.8 Å². The number of hydrogen-bond donors (Lipinski definition) is 1. The van der Waals surface area contributed by atoms with Crippen LogP contribution in [-0.4, -0.2) is 49.5 Å². The summed E-state index contributed by atoms with van der Waals surface area (Å²) in [6.07, 6.45) is 1.11. The predicted octanol–water partition coefficient (Wildman–Crippen LogP) is 4.91. The molecule has 39 heavy (non-hydrogen) atoms. The van der Waals surface area contributed by atoms with Crippen LogP contribution >= 0.6 is 15.9 Å². The summed E-state index contributed by atoms with van der Waals surface area (Å²) in [5.74, 6) is -1.80. The molecule has 0 aliphatic carbocycles. The zero-order chi connectivity index (χ0) is 28.8. The molecule has 10 heteroatoms. The first-order chi connectivity index (χ1) is 18.2. The van der Waals surface area contributed by atoms with Gasteiger partial charge >= 0.3 is 0 Å². The predicted molar refractivity (Wildman–Crippen MR) is 155 cm³/mol. The number of nitrogens with zero attached hydrogens (tertiary/aromatic N) is 2. The smallest absolute Gasteiger partial charge is 0.244 e. The van der Waals surface area contributed by atoms with Crippen LogP contribution in [-0.2, 0) is 32.6 Å². The van der Waals surface area contributed by atoms with Crippen LogP contribution in [0.4, 0.5) is 10.1 Å². The topological polar surface area (TPSA) is 86.8 Å². The number of amides is 2. The first-order valence-electron chi connectivity index (χ1n) is 12.4. The molecular weight excluding hydrogens is 585 g/mol. The van der Waals surface area contributed by atoms with Gasteiger partial charge in [-0.3, -0.25) is 13.9 Å². The average Bonchev–Trinajstić information content (AvgIpc) is 2.84. The third-order valence-corrected chi connectivity index (χ3v) is 7.43. The largest absolute Gasteiger partial charge is 0.350 e. The molecule has 208 valence electrons. The molecule has 0 spiro atoms. The highest BCUT2D eigenvalue weighted by molar-refractivity contribution is 9.10. The lowest BCUT2D eigenvalue weighted by atomic mass is 10.0. The monoisotopic (exact) mass is 617 g/mol. The van der Waals surface area contributed by atoms with Gasteiger partial charge in [0, 0.05) is 23.0 Å². The van der Waals surface area contributed by atoms with Crippen LogP contribution in [0.2, 0.25) is 0 Å². The third-order valence-electron chi connectivity index (χ3n) is 5.81. The van der Waals surface area contributed by atoms with Crippen molar-refractivity contribution in [2.75, 3.05) is 17.1 Å². The van der Waals surface area contributed by atoms with Crippen LogP contribution in [0.15, 0.2) is 83.3 Å². The van der Waals surface area contributed by atoms with E-state index in [1.807, 2.05) is 75.4 Å². The zero-order valence-electron chi connectivity index (χ0n) is 22.4. The molecule has 0 saturated heterocycles. The molecule has 3 rings (SSSR count). The van der Waals surface area contributed by atoms with Crippen molar-refractivity contribution in [1.29, 1.82) is 0 Å². The van der Waals surface area contributed by atoms with Crippen molar-refractivity contribution >= 4 is 43.5 Å². The maximum atomic E-state index is 14.7. The molecule has 0 radical (unpaired) electrons. The number of halogens is 2. The number of sulfonamides is 1. The Labute approximate surface area is 238 Å². The number of anilines is 1. The number of carbonyl (C=O) groups is 2. The minimum absolute atomic E-state index is 0.0300. The summed E-state index contributed by atoms with van der Waals surface area (Å²) in [6, 6.07) is 21.0. The molecule has 0 unspecified atom stereocenters. The van der Waals surface area contributed by atoms with Gasteiger partial charge in [0.2, 0.25) is 21.8 Å². The Hall–Kier alpha value is -3.24. The summed E-state index contributed by atoms with van der Waals surface area (Å²) in [4.78, 5) is 29.0. The molecule has 0 saturated carbocycles. The van der Waals surface area contributed by atoms with Crippen LogP contribution in [0.25, 0.3) is 0 Å². The van der Waals surface area contributed by atoms with E-state index < -0.39 is 39.9 Å². The maximum absolute atomic E-state index is 14.7. The molecule has 0 heterocycles. The Morgan fingerprint density at radius 1 is 0.949 bits per heavy atom. The van der Waals surface area contributed by atoms with Gasteiger partial charge in [-0.15, -0.1) is 0 Å². The molecule has 1 N–H and O–H groups in total. The maximum Gasteiger partial charge on any atom is 0.244 e. The standard InChI is InChI=1S/C29H33BrFN3O4S/c1-29(2,3)32-28(36)26(18-21-11-6-5-7-12-21)33(19-22-13-10-14-23(30)17-22)27(35)20-34(39(4,37)38)25-16-9-8-15-24(25)31/h5-17,26H,18-20H2,1-4H3,(H,32,36)/t26-/m0/s1. The Morgan fingerprint density at radius 2 is 1.56 bits per heavy atom. The number of rotatable bonds is 10. The normalized spacial score (nSPS) is 12.5. The first-order valence-corrected chi connectivity index (χ1v) is 15.0. The molecule has 3 aromatic carbocycles. The van der Waals surface area contributed by atoms with Crippen LogP contribution in [0.1, 0.15) is 31.9 Å². The van der Waals surface area contributed by atoms with Crippen LogP contribution < -0.4 is 9.62 Å². The molecule has 0 bridgehead atoms. The van der Waals surface area contributed by atoms with Gasteiger partial charge in [0.05, 0.1) is 11.9 Å². The summed E-state index contributed by atoms with van der Waals surface area (Å²) in [6.45, 7) is 4.88. The van der Waals surface area contributed by atoms with Gasteiger partial charge in [0.25, 0.3) is 0 Å². The van der Waals surface area contributed by atoms with Gasteiger partial charge < -0.3 is 10.2 Å². The lowest BCUT2D eigenvalue weighted by Crippen LogP contribution is -2.56. The molecule has 0 aromatic heterocycles. The minimum Gasteiger partial charge on any atom is -0.350 e. The summed E-state index contributed by atoms with van der Waals surface area (Å²) < 4.78 is 41.7. The summed E-state index contributed by atoms with van der Waals surface area (Å²) in [5, 5.41) is 2.96. The third kappa shape index (κ3) is 8.90. The minimum atomic E-state index is -4.04. The van der Waals surface area contributed by atoms with Crippen molar-refractivity contribution in [2.24, 2.45) is 0 Å². The fraction of sp³-hybridized carbons (Fsp3) is 0.310. The van der Waals surface area contributed by atoms with Crippen molar-refractivity contribution in [3.63, 3.8) is 0 Å². The van der Waals surface area contributed by atoms with Crippen molar-refractivity contribution in [2.45, 2.75) is 45.3 Å². The van der Waals surface area contributed by atoms with Crippen LogP contribution in [0, 0.1) is 5.82 Å². The highest BCUT2D eigenvalue weighted by atomic mass is 79.9. The molecule has 0 aliphatic rings. The molecular formula is C29H33BrFN3O4S. The Morgan fingerprint density at radius 3 is 2.15 bits per heavy atom. The zero-order valence-corrected chi connectivity index (χ0v) is 24.8. The summed E-state index contributed by atoms with van der Waals surface area (Å²) in [7, 11) is -4.04. The fourth-order valence-corrected chi connectivity index (χ4v) is 5.38. The lowest BCUT2D eigenvalue weighted by Gasteiger charge is -2.35. The van der Waals surface area contributed by atoms with E-state index in [9.17, 15) is 22.4 Å². The number of para-hydroxylation sites is 1. The van der Waals surface area contributed by atoms with Gasteiger partial charge in [-0.2, -0.15) is 0 Å². The number of hydrogen-bond acceptors (Lipinski definition) is 4. The van der Waals surface area contributed by atoms with Crippen molar-refractivity contribution in [3.8, 4) is 0 Å². The van der Waals surface area contributed by atoms with Gasteiger partial charge in [-0.05, 0) is 56.2 Å². The van der Waals surface area contributed by atoms with Crippen LogP contribution in [0.5, 0.6) is 0 Å². The van der Waals surface area contributed by atoms with Crippen molar-refractivity contribution in [1.82, 2.24) is 10.2 Å². The van der Waals surface area contributed by atoms with E-state index >= 15 is 0 Å². The van der Waals surface area contributed by atoms with E-state index in [2.05, 4.69) is 21.2 Å². The second-order valence-corrected chi connectivity index (χ2v) is 13.1. The molecule has 2 amide bonds. The van der Waals surface area contributed by atoms with E-state index in [0.29, 0.717) is 0 Å². The Bertz CT molecular complexity index is 1410.